The van der Waals surface area contributed by atoms with Crippen molar-refractivity contribution in [2.45, 2.75) is 6.92 Å². The Hall–Kier alpha value is -1.98. The zero-order chi connectivity index (χ0) is 11.1. The van der Waals surface area contributed by atoms with Gasteiger partial charge in [0.1, 0.15) is 11.6 Å². The molecule has 0 atom stereocenters. The number of carbonyl (C=O) groups excluding carboxylic acids is 1. The van der Waals surface area contributed by atoms with Crippen LogP contribution in [0.15, 0.2) is 12.1 Å². The second kappa shape index (κ2) is 5.63. The number of nitrogens with one attached hydrogen (secondary N) is 1. The van der Waals surface area contributed by atoms with E-state index in [1.54, 1.807) is 19.2 Å². The molecular formula is C8H15N5O. The van der Waals surface area contributed by atoms with E-state index in [0.717, 1.165) is 0 Å². The highest BCUT2D eigenvalue weighted by Crippen LogP contribution is 2.11. The number of anilines is 3. The van der Waals surface area contributed by atoms with Crippen molar-refractivity contribution in [3.63, 3.8) is 0 Å². The van der Waals surface area contributed by atoms with Gasteiger partial charge in [-0.05, 0) is 12.1 Å². The van der Waals surface area contributed by atoms with Crippen molar-refractivity contribution >= 4 is 23.2 Å². The molecule has 0 saturated carbocycles. The highest BCUT2D eigenvalue weighted by atomic mass is 16.1. The molecule has 1 amide bonds. The standard InChI is InChI=1S/C5H8N4.C3H7NO/c6-3-1-2-4(7)9-5(3)8;1-3(5)4-2/h1-2H,6H2,(H4,7,8,9);1-2H3,(H,4,5). The molecule has 0 aliphatic rings. The van der Waals surface area contributed by atoms with Gasteiger partial charge >= 0.3 is 0 Å². The van der Waals surface area contributed by atoms with Crippen LogP contribution in [-0.4, -0.2) is 17.9 Å². The van der Waals surface area contributed by atoms with Crippen LogP contribution in [0.4, 0.5) is 17.3 Å². The number of nitrogen functional groups attached to an aromatic ring is 3. The molecule has 1 aromatic heterocycles. The van der Waals surface area contributed by atoms with Crippen molar-refractivity contribution < 1.29 is 4.79 Å². The predicted molar refractivity (Wildman–Crippen MR) is 57.2 cm³/mol. The highest BCUT2D eigenvalue weighted by Gasteiger charge is 1.92. The van der Waals surface area contributed by atoms with E-state index in [4.69, 9.17) is 17.2 Å². The summed E-state index contributed by atoms with van der Waals surface area (Å²) in [5.74, 6) is 0.682. The molecule has 0 fully saturated rings. The molecule has 6 heteroatoms. The molecule has 14 heavy (non-hydrogen) atoms. The molecule has 0 aliphatic heterocycles. The number of rotatable bonds is 0. The maximum absolute atomic E-state index is 9.70. The van der Waals surface area contributed by atoms with E-state index in [-0.39, 0.29) is 11.7 Å². The number of nitrogens with zero attached hydrogens (tertiary/aromatic N) is 1. The Bertz CT molecular complexity index is 313. The third-order valence-electron chi connectivity index (χ3n) is 1.33. The lowest BCUT2D eigenvalue weighted by molar-refractivity contribution is -0.118. The van der Waals surface area contributed by atoms with Crippen molar-refractivity contribution in [2.75, 3.05) is 24.2 Å². The fraction of sp³-hybridized carbons (Fsp3) is 0.250. The van der Waals surface area contributed by atoms with E-state index in [1.807, 2.05) is 0 Å². The molecule has 0 unspecified atom stereocenters. The van der Waals surface area contributed by atoms with Crippen LogP contribution in [0.1, 0.15) is 6.92 Å². The first-order chi connectivity index (χ1) is 6.47. The average molecular weight is 197 g/mol. The van der Waals surface area contributed by atoms with Crippen LogP contribution in [-0.2, 0) is 4.79 Å². The van der Waals surface area contributed by atoms with E-state index in [1.165, 1.54) is 6.92 Å². The monoisotopic (exact) mass is 197 g/mol. The van der Waals surface area contributed by atoms with E-state index in [9.17, 15) is 4.79 Å². The van der Waals surface area contributed by atoms with Gasteiger partial charge < -0.3 is 22.5 Å². The van der Waals surface area contributed by atoms with Gasteiger partial charge in [0.05, 0.1) is 5.69 Å². The number of nitrogens with two attached hydrogens (primary N) is 3. The number of aromatic nitrogens is 1. The second-order valence-electron chi connectivity index (χ2n) is 2.52. The fourth-order valence-corrected chi connectivity index (χ4v) is 0.501. The van der Waals surface area contributed by atoms with Gasteiger partial charge in [-0.2, -0.15) is 0 Å². The average Bonchev–Trinajstić information content (AvgIpc) is 2.13. The minimum Gasteiger partial charge on any atom is -0.396 e. The molecule has 1 heterocycles. The molecule has 0 radical (unpaired) electrons. The van der Waals surface area contributed by atoms with Crippen LogP contribution in [0.25, 0.3) is 0 Å². The van der Waals surface area contributed by atoms with Crippen LogP contribution in [0.5, 0.6) is 0 Å². The van der Waals surface area contributed by atoms with E-state index < -0.39 is 0 Å². The van der Waals surface area contributed by atoms with Crippen molar-refractivity contribution in [3.05, 3.63) is 12.1 Å². The second-order valence-corrected chi connectivity index (χ2v) is 2.52. The summed E-state index contributed by atoms with van der Waals surface area (Å²) in [7, 11) is 1.60. The van der Waals surface area contributed by atoms with E-state index in [2.05, 4.69) is 10.3 Å². The van der Waals surface area contributed by atoms with Crippen LogP contribution in [0.3, 0.4) is 0 Å². The quantitative estimate of drug-likeness (QED) is 0.450. The molecule has 0 aromatic carbocycles. The van der Waals surface area contributed by atoms with Crippen LogP contribution < -0.4 is 22.5 Å². The molecule has 0 saturated heterocycles. The maximum atomic E-state index is 9.70. The molecule has 78 valence electrons. The molecular weight excluding hydrogens is 182 g/mol. The summed E-state index contributed by atoms with van der Waals surface area (Å²) in [6.07, 6.45) is 0. The lowest BCUT2D eigenvalue weighted by Gasteiger charge is -1.97. The summed E-state index contributed by atoms with van der Waals surface area (Å²) in [6.45, 7) is 1.47. The highest BCUT2D eigenvalue weighted by molar-refractivity contribution is 5.72. The molecule has 0 spiro atoms. The maximum Gasteiger partial charge on any atom is 0.216 e. The third-order valence-corrected chi connectivity index (χ3v) is 1.33. The molecule has 1 aromatic rings. The van der Waals surface area contributed by atoms with Gasteiger partial charge in [0.15, 0.2) is 0 Å². The first-order valence-corrected chi connectivity index (χ1v) is 3.93. The molecule has 0 bridgehead atoms. The molecule has 0 aliphatic carbocycles. The van der Waals surface area contributed by atoms with Crippen molar-refractivity contribution in [2.24, 2.45) is 0 Å². The van der Waals surface area contributed by atoms with Gasteiger partial charge in [-0.25, -0.2) is 4.98 Å². The SMILES string of the molecule is CNC(C)=O.Nc1ccc(N)c(N)n1. The first kappa shape index (κ1) is 12.0. The largest absolute Gasteiger partial charge is 0.396 e. The van der Waals surface area contributed by atoms with Crippen LogP contribution >= 0.6 is 0 Å². The Morgan fingerprint density at radius 3 is 2.14 bits per heavy atom. The first-order valence-electron chi connectivity index (χ1n) is 3.93. The van der Waals surface area contributed by atoms with Crippen molar-refractivity contribution in [1.82, 2.24) is 10.3 Å². The predicted octanol–water partition coefficient (Wildman–Crippen LogP) is -0.419. The number of hydrogen-bond donors (Lipinski definition) is 4. The Morgan fingerprint density at radius 2 is 1.86 bits per heavy atom. The summed E-state index contributed by atoms with van der Waals surface area (Å²) >= 11 is 0. The van der Waals surface area contributed by atoms with E-state index in [0.29, 0.717) is 11.5 Å². The van der Waals surface area contributed by atoms with Gasteiger partial charge in [0.2, 0.25) is 5.91 Å². The summed E-state index contributed by atoms with van der Waals surface area (Å²) < 4.78 is 0. The van der Waals surface area contributed by atoms with Gasteiger partial charge in [-0.1, -0.05) is 0 Å². The molecule has 1 rings (SSSR count). The van der Waals surface area contributed by atoms with Crippen molar-refractivity contribution in [1.29, 1.82) is 0 Å². The minimum absolute atomic E-state index is 0.00463. The summed E-state index contributed by atoms with van der Waals surface area (Å²) in [5.41, 5.74) is 16.4. The Labute approximate surface area is 82.5 Å². The Balaban J connectivity index is 0.000000292. The lowest BCUT2D eigenvalue weighted by atomic mass is 10.4. The van der Waals surface area contributed by atoms with Crippen LogP contribution in [0.2, 0.25) is 0 Å². The van der Waals surface area contributed by atoms with Gasteiger partial charge in [0.25, 0.3) is 0 Å². The lowest BCUT2D eigenvalue weighted by Crippen LogP contribution is -2.11. The Morgan fingerprint density at radius 1 is 1.36 bits per heavy atom. The normalized spacial score (nSPS) is 8.43. The number of hydrogen-bond acceptors (Lipinski definition) is 5. The minimum atomic E-state index is 0.00463. The summed E-state index contributed by atoms with van der Waals surface area (Å²) in [4.78, 5) is 13.4. The fourth-order valence-electron chi connectivity index (χ4n) is 0.501. The summed E-state index contributed by atoms with van der Waals surface area (Å²) in [5, 5.41) is 2.39. The third kappa shape index (κ3) is 4.81. The number of pyridine rings is 1. The topological polar surface area (TPSA) is 120 Å². The summed E-state index contributed by atoms with van der Waals surface area (Å²) in [6, 6.07) is 3.23. The Kier molecular flexibility index (Phi) is 4.83. The smallest absolute Gasteiger partial charge is 0.216 e. The van der Waals surface area contributed by atoms with Crippen LogP contribution in [0, 0.1) is 0 Å². The van der Waals surface area contributed by atoms with Gasteiger partial charge in [-0.15, -0.1) is 0 Å². The van der Waals surface area contributed by atoms with E-state index >= 15 is 0 Å². The van der Waals surface area contributed by atoms with Gasteiger partial charge in [-0.3, -0.25) is 4.79 Å². The molecule has 7 N–H and O–H groups in total. The van der Waals surface area contributed by atoms with Crippen molar-refractivity contribution in [3.8, 4) is 0 Å². The number of amides is 1. The zero-order valence-corrected chi connectivity index (χ0v) is 8.24. The molecule has 6 nitrogen and oxygen atoms in total. The number of carbonyl (C=O) groups is 1. The van der Waals surface area contributed by atoms with Gasteiger partial charge in [0, 0.05) is 14.0 Å². The zero-order valence-electron chi connectivity index (χ0n) is 8.24.